The van der Waals surface area contributed by atoms with Crippen LogP contribution in [-0.4, -0.2) is 45.2 Å². The quantitative estimate of drug-likeness (QED) is 0.784. The third-order valence-corrected chi connectivity index (χ3v) is 4.87. The predicted molar refractivity (Wildman–Crippen MR) is 99.9 cm³/mol. The Kier molecular flexibility index (Phi) is 5.39. The lowest BCUT2D eigenvalue weighted by molar-refractivity contribution is 0.0598. The van der Waals surface area contributed by atoms with Crippen molar-refractivity contribution in [2.45, 2.75) is 18.8 Å². The summed E-state index contributed by atoms with van der Waals surface area (Å²) in [5.41, 5.74) is 0.896. The van der Waals surface area contributed by atoms with E-state index in [9.17, 15) is 14.4 Å². The zero-order valence-corrected chi connectivity index (χ0v) is 16.1. The van der Waals surface area contributed by atoms with Gasteiger partial charge in [0.05, 0.1) is 28.4 Å². The maximum Gasteiger partial charge on any atom is 0.343 e. The molecule has 0 saturated carbocycles. The molecule has 0 spiro atoms. The predicted octanol–water partition coefficient (Wildman–Crippen LogP) is 2.10. The highest BCUT2D eigenvalue weighted by atomic mass is 16.5. The van der Waals surface area contributed by atoms with Gasteiger partial charge in [0.1, 0.15) is 5.56 Å². The first-order chi connectivity index (χ1) is 13.4. The molecule has 0 fully saturated rings. The number of esters is 1. The number of fused-ring (bicyclic) bond motifs is 1. The summed E-state index contributed by atoms with van der Waals surface area (Å²) in [6.45, 7) is 0. The number of hydrogen-bond donors (Lipinski definition) is 1. The minimum Gasteiger partial charge on any atom is -0.493 e. The molecule has 1 aromatic carbocycles. The summed E-state index contributed by atoms with van der Waals surface area (Å²) in [5, 5.41) is 0. The molecule has 1 atom stereocenters. The average molecular weight is 387 g/mol. The zero-order valence-electron chi connectivity index (χ0n) is 16.1. The van der Waals surface area contributed by atoms with E-state index in [0.29, 0.717) is 34.9 Å². The van der Waals surface area contributed by atoms with Crippen LogP contribution < -0.4 is 19.8 Å². The van der Waals surface area contributed by atoms with Crippen molar-refractivity contribution in [2.24, 2.45) is 0 Å². The van der Waals surface area contributed by atoms with Gasteiger partial charge >= 0.3 is 5.97 Å². The van der Waals surface area contributed by atoms with Gasteiger partial charge in [-0.1, -0.05) is 0 Å². The first-order valence-corrected chi connectivity index (χ1v) is 8.61. The molecule has 3 rings (SSSR count). The highest BCUT2D eigenvalue weighted by Gasteiger charge is 2.30. The first kappa shape index (κ1) is 19.5. The van der Waals surface area contributed by atoms with Crippen LogP contribution in [0.15, 0.2) is 23.0 Å². The molecule has 0 amide bonds. The van der Waals surface area contributed by atoms with Crippen molar-refractivity contribution in [1.82, 2.24) is 4.98 Å². The van der Waals surface area contributed by atoms with Gasteiger partial charge in [-0.3, -0.25) is 9.59 Å². The molecule has 1 aromatic heterocycles. The third-order valence-electron chi connectivity index (χ3n) is 4.87. The number of carbonyl (C=O) groups excluding carboxylic acids is 2. The molecule has 1 aliphatic rings. The Morgan fingerprint density at radius 2 is 1.61 bits per heavy atom. The minimum atomic E-state index is -0.774. The second kappa shape index (κ2) is 7.75. The van der Waals surface area contributed by atoms with E-state index in [-0.39, 0.29) is 23.7 Å². The van der Waals surface area contributed by atoms with Crippen molar-refractivity contribution in [3.05, 3.63) is 50.9 Å². The Morgan fingerprint density at radius 1 is 0.964 bits per heavy atom. The molecule has 0 bridgehead atoms. The van der Waals surface area contributed by atoms with E-state index in [1.165, 1.54) is 34.5 Å². The topological polar surface area (TPSA) is 104 Å². The Bertz CT molecular complexity index is 968. The second-order valence-corrected chi connectivity index (χ2v) is 6.38. The molecule has 8 nitrogen and oxygen atoms in total. The van der Waals surface area contributed by atoms with Gasteiger partial charge in [0.25, 0.3) is 5.56 Å². The van der Waals surface area contributed by atoms with Crippen LogP contribution in [0.25, 0.3) is 0 Å². The van der Waals surface area contributed by atoms with Gasteiger partial charge in [0.15, 0.2) is 17.3 Å². The van der Waals surface area contributed by atoms with Crippen LogP contribution in [0.1, 0.15) is 44.3 Å². The lowest BCUT2D eigenvalue weighted by Crippen LogP contribution is -2.27. The number of H-pyrrole nitrogens is 1. The first-order valence-electron chi connectivity index (χ1n) is 8.61. The molecule has 1 aliphatic carbocycles. The molecule has 2 aromatic rings. The third kappa shape index (κ3) is 3.33. The van der Waals surface area contributed by atoms with E-state index in [2.05, 4.69) is 9.72 Å². The van der Waals surface area contributed by atoms with Crippen LogP contribution in [-0.2, 0) is 11.2 Å². The minimum absolute atomic E-state index is 0.165. The number of pyridine rings is 1. The average Bonchev–Trinajstić information content (AvgIpc) is 2.71. The molecule has 0 aliphatic heterocycles. The number of ether oxygens (including phenoxy) is 4. The summed E-state index contributed by atoms with van der Waals surface area (Å²) in [7, 11) is 5.75. The fraction of sp³-hybridized carbons (Fsp3) is 0.350. The molecule has 1 N–H and O–H groups in total. The molecule has 28 heavy (non-hydrogen) atoms. The van der Waals surface area contributed by atoms with Crippen LogP contribution in [0.2, 0.25) is 0 Å². The molecule has 148 valence electrons. The smallest absolute Gasteiger partial charge is 0.343 e. The lowest BCUT2D eigenvalue weighted by Gasteiger charge is -2.25. The second-order valence-electron chi connectivity index (χ2n) is 6.38. The van der Waals surface area contributed by atoms with Crippen molar-refractivity contribution in [1.29, 1.82) is 0 Å². The van der Waals surface area contributed by atoms with Crippen molar-refractivity contribution >= 4 is 11.8 Å². The highest BCUT2D eigenvalue weighted by Crippen LogP contribution is 2.42. The summed E-state index contributed by atoms with van der Waals surface area (Å²) in [4.78, 5) is 39.3. The van der Waals surface area contributed by atoms with Gasteiger partial charge in [0.2, 0.25) is 5.75 Å². The zero-order chi connectivity index (χ0) is 20.4. The number of rotatable bonds is 5. The van der Waals surface area contributed by atoms with Crippen LogP contribution in [0.4, 0.5) is 0 Å². The standard InChI is InChI=1S/C20H21NO7/c1-25-16-7-11(8-17(26-2)18(16)27-3)10-5-14-12(15(22)6-10)9-13(19(23)21-14)20(24)28-4/h7-10H,5-6H2,1-4H3,(H,21,23)/t10-/m0/s1. The summed E-state index contributed by atoms with van der Waals surface area (Å²) >= 11 is 0. The summed E-state index contributed by atoms with van der Waals surface area (Å²) in [6, 6.07) is 4.91. The Balaban J connectivity index is 2.03. The SMILES string of the molecule is COC(=O)c1cc2c([nH]c1=O)C[C@H](c1cc(OC)c(OC)c(OC)c1)CC2=O. The fourth-order valence-electron chi connectivity index (χ4n) is 3.47. The van der Waals surface area contributed by atoms with Crippen molar-refractivity contribution in [3.8, 4) is 17.2 Å². The van der Waals surface area contributed by atoms with Crippen molar-refractivity contribution < 1.29 is 28.5 Å². The summed E-state index contributed by atoms with van der Waals surface area (Å²) in [5.74, 6) is 0.319. The molecule has 0 radical (unpaired) electrons. The van der Waals surface area contributed by atoms with E-state index in [1.54, 1.807) is 12.1 Å². The van der Waals surface area contributed by atoms with E-state index in [4.69, 9.17) is 14.2 Å². The van der Waals surface area contributed by atoms with Gasteiger partial charge in [-0.05, 0) is 36.1 Å². The monoisotopic (exact) mass is 387 g/mol. The van der Waals surface area contributed by atoms with Gasteiger partial charge in [-0.15, -0.1) is 0 Å². The molecular weight excluding hydrogens is 366 g/mol. The van der Waals surface area contributed by atoms with Gasteiger partial charge in [-0.25, -0.2) is 4.79 Å². The number of ketones is 1. The highest BCUT2D eigenvalue weighted by molar-refractivity contribution is 6.01. The van der Waals surface area contributed by atoms with Crippen LogP contribution in [0.3, 0.4) is 0 Å². The largest absolute Gasteiger partial charge is 0.493 e. The normalized spacial score (nSPS) is 15.6. The maximum absolute atomic E-state index is 12.7. The Morgan fingerprint density at radius 3 is 2.14 bits per heavy atom. The molecule has 1 heterocycles. The number of benzene rings is 1. The van der Waals surface area contributed by atoms with Gasteiger partial charge in [-0.2, -0.15) is 0 Å². The Labute approximate surface area is 161 Å². The molecular formula is C20H21NO7. The number of aromatic nitrogens is 1. The van der Waals surface area contributed by atoms with Crippen molar-refractivity contribution in [3.63, 3.8) is 0 Å². The number of methoxy groups -OCH3 is 4. The Hall–Kier alpha value is -3.29. The van der Waals surface area contributed by atoms with Crippen LogP contribution in [0, 0.1) is 0 Å². The summed E-state index contributed by atoms with van der Waals surface area (Å²) in [6.07, 6.45) is 0.648. The van der Waals surface area contributed by atoms with Gasteiger partial charge in [0, 0.05) is 17.7 Å². The number of carbonyl (C=O) groups is 2. The van der Waals surface area contributed by atoms with E-state index in [1.807, 2.05) is 0 Å². The van der Waals surface area contributed by atoms with E-state index < -0.39 is 11.5 Å². The lowest BCUT2D eigenvalue weighted by atomic mass is 9.81. The van der Waals surface area contributed by atoms with E-state index in [0.717, 1.165) is 5.56 Å². The number of nitrogens with one attached hydrogen (secondary N) is 1. The van der Waals surface area contributed by atoms with E-state index >= 15 is 0 Å². The fourth-order valence-corrected chi connectivity index (χ4v) is 3.47. The molecule has 0 saturated heterocycles. The number of hydrogen-bond acceptors (Lipinski definition) is 7. The van der Waals surface area contributed by atoms with Crippen LogP contribution in [0.5, 0.6) is 17.2 Å². The number of aromatic amines is 1. The molecule has 0 unspecified atom stereocenters. The maximum atomic E-state index is 12.7. The van der Waals surface area contributed by atoms with Gasteiger partial charge < -0.3 is 23.9 Å². The number of Topliss-reactive ketones (excluding diaryl/α,β-unsaturated/α-hetero) is 1. The van der Waals surface area contributed by atoms with Crippen molar-refractivity contribution in [2.75, 3.05) is 28.4 Å². The van der Waals surface area contributed by atoms with Crippen LogP contribution >= 0.6 is 0 Å². The summed E-state index contributed by atoms with van der Waals surface area (Å²) < 4.78 is 20.7. The molecule has 8 heteroatoms.